The minimum absolute atomic E-state index is 0. The van der Waals surface area contributed by atoms with Crippen molar-refractivity contribution in [1.82, 2.24) is 0 Å². The Morgan fingerprint density at radius 2 is 1.46 bits per heavy atom. The number of pyridine rings is 1. The number of aromatic nitrogens is 1. The van der Waals surface area contributed by atoms with Crippen molar-refractivity contribution in [3.05, 3.63) is 84.2 Å². The van der Waals surface area contributed by atoms with Gasteiger partial charge in [-0.3, -0.25) is 0 Å². The second-order valence-electron chi connectivity index (χ2n) is 6.74. The average molecular weight is 376 g/mol. The van der Waals surface area contributed by atoms with Gasteiger partial charge in [-0.1, -0.05) is 25.7 Å². The molecule has 2 aromatic carbocycles. The first-order valence-corrected chi connectivity index (χ1v) is 11.5. The van der Waals surface area contributed by atoms with E-state index in [0.29, 0.717) is 0 Å². The largest absolute Gasteiger partial charge is 0.748 e. The fourth-order valence-electron chi connectivity index (χ4n) is 2.39. The fourth-order valence-corrected chi connectivity index (χ4v) is 4.02. The Balaban J connectivity index is 0.000000412. The van der Waals surface area contributed by atoms with Crippen LogP contribution in [-0.2, 0) is 24.1 Å². The molecule has 1 nitrogen and oxygen atoms in total. The third-order valence-corrected chi connectivity index (χ3v) is 5.74. The third-order valence-electron chi connectivity index (χ3n) is 3.67. The fraction of sp³-hybridized carbons (Fsp3) is 0.190. The van der Waals surface area contributed by atoms with E-state index in [1.807, 2.05) is 41.9 Å². The van der Waals surface area contributed by atoms with Crippen molar-refractivity contribution in [2.24, 2.45) is 7.05 Å². The van der Waals surface area contributed by atoms with Crippen LogP contribution in [-0.4, -0.2) is 8.07 Å². The average Bonchev–Trinajstić information content (AvgIpc) is 3.20. The van der Waals surface area contributed by atoms with Crippen LogP contribution in [0.2, 0.25) is 19.6 Å². The molecule has 1 aromatic heterocycles. The molecule has 0 spiro atoms. The van der Waals surface area contributed by atoms with Gasteiger partial charge >= 0.3 is 0 Å². The van der Waals surface area contributed by atoms with Gasteiger partial charge < -0.3 is 30.3 Å². The van der Waals surface area contributed by atoms with Gasteiger partial charge in [0.15, 0.2) is 12.4 Å². The van der Waals surface area contributed by atoms with Crippen LogP contribution in [0.4, 0.5) is 0 Å². The molecule has 0 fully saturated rings. The maximum absolute atomic E-state index is 2.39. The second kappa shape index (κ2) is 9.58. The molecule has 132 valence electrons. The summed E-state index contributed by atoms with van der Waals surface area (Å²) in [6, 6.07) is 20.9. The van der Waals surface area contributed by atoms with Crippen molar-refractivity contribution in [3.63, 3.8) is 0 Å². The van der Waals surface area contributed by atoms with Gasteiger partial charge in [0.05, 0.1) is 0 Å². The number of aryl methyl sites for hydroxylation is 1. The first kappa shape index (κ1) is 20.4. The topological polar surface area (TPSA) is 3.88 Å². The monoisotopic (exact) mass is 376 g/mol. The van der Waals surface area contributed by atoms with Crippen molar-refractivity contribution in [2.75, 3.05) is 0 Å². The van der Waals surface area contributed by atoms with E-state index in [0.717, 1.165) is 0 Å². The number of nitrogens with zero attached hydrogens (tertiary/aromatic N) is 1. The van der Waals surface area contributed by atoms with Gasteiger partial charge in [-0.05, 0) is 5.56 Å². The minimum atomic E-state index is -1.23. The van der Waals surface area contributed by atoms with Gasteiger partial charge in [0, 0.05) is 37.3 Å². The molecule has 1 heterocycles. The van der Waals surface area contributed by atoms with E-state index in [4.69, 9.17) is 0 Å². The maximum atomic E-state index is 2.39. The molecule has 0 radical (unpaired) electrons. The Morgan fingerprint density at radius 1 is 0.917 bits per heavy atom. The summed E-state index contributed by atoms with van der Waals surface area (Å²) in [6.07, 6.45) is 8.58. The van der Waals surface area contributed by atoms with E-state index in [-0.39, 0.29) is 17.1 Å². The second-order valence-corrected chi connectivity index (χ2v) is 11.8. The molecule has 0 bridgehead atoms. The van der Waals surface area contributed by atoms with Crippen LogP contribution in [0.15, 0.2) is 73.1 Å². The first-order valence-electron chi connectivity index (χ1n) is 8.03. The summed E-state index contributed by atoms with van der Waals surface area (Å²) in [7, 11) is 0.808. The van der Waals surface area contributed by atoms with Gasteiger partial charge in [0.2, 0.25) is 0 Å². The zero-order valence-electron chi connectivity index (χ0n) is 14.9. The minimum Gasteiger partial charge on any atom is -0.748 e. The van der Waals surface area contributed by atoms with Crippen LogP contribution in [0.25, 0.3) is 12.2 Å². The first-order chi connectivity index (χ1) is 11.0. The predicted molar refractivity (Wildman–Crippen MR) is 104 cm³/mol. The quantitative estimate of drug-likeness (QED) is 0.364. The van der Waals surface area contributed by atoms with E-state index in [1.165, 1.54) is 11.1 Å². The molecule has 3 rings (SSSR count). The Kier molecular flexibility index (Phi) is 8.13. The molecular formula is C21H26FeNSi-5. The molecule has 0 amide bonds. The molecule has 0 aliphatic carbocycles. The SMILES string of the molecule is C[n+]1ccc(C=Cc2ccc[c-]2[Si](C)(C)C)cc1.[Fe].[cH-]1[cH-][cH-][cH-][cH-]1. The molecule has 0 saturated carbocycles. The van der Waals surface area contributed by atoms with Gasteiger partial charge in [-0.15, -0.1) is 11.3 Å². The molecule has 3 heteroatoms. The molecule has 0 aliphatic rings. The van der Waals surface area contributed by atoms with E-state index in [2.05, 4.69) is 74.5 Å². The van der Waals surface area contributed by atoms with E-state index in [1.54, 1.807) is 5.19 Å². The maximum Gasteiger partial charge on any atom is 0.169 e. The van der Waals surface area contributed by atoms with E-state index in [9.17, 15) is 0 Å². The van der Waals surface area contributed by atoms with Gasteiger partial charge in [0.1, 0.15) is 7.05 Å². The Bertz CT molecular complexity index is 699. The summed E-state index contributed by atoms with van der Waals surface area (Å²) in [5, 5.41) is 1.54. The van der Waals surface area contributed by atoms with Crippen molar-refractivity contribution in [3.8, 4) is 0 Å². The molecule has 0 aliphatic heterocycles. The van der Waals surface area contributed by atoms with Gasteiger partial charge in [-0.25, -0.2) is 4.57 Å². The zero-order chi connectivity index (χ0) is 16.7. The van der Waals surface area contributed by atoms with Crippen LogP contribution in [0, 0.1) is 0 Å². The smallest absolute Gasteiger partial charge is 0.169 e. The van der Waals surface area contributed by atoms with Gasteiger partial charge in [-0.2, -0.15) is 23.8 Å². The van der Waals surface area contributed by atoms with Crippen LogP contribution < -0.4 is 9.75 Å². The zero-order valence-corrected chi connectivity index (χ0v) is 17.0. The van der Waals surface area contributed by atoms with Crippen molar-refractivity contribution < 1.29 is 21.6 Å². The molecular weight excluding hydrogens is 350 g/mol. The molecule has 0 unspecified atom stereocenters. The summed E-state index contributed by atoms with van der Waals surface area (Å²) >= 11 is 0. The third kappa shape index (κ3) is 6.44. The van der Waals surface area contributed by atoms with Gasteiger partial charge in [0.25, 0.3) is 0 Å². The van der Waals surface area contributed by atoms with Crippen molar-refractivity contribution >= 4 is 25.4 Å². The van der Waals surface area contributed by atoms with Crippen LogP contribution >= 0.6 is 0 Å². The van der Waals surface area contributed by atoms with E-state index >= 15 is 0 Å². The summed E-state index contributed by atoms with van der Waals surface area (Å²) in [4.78, 5) is 0. The molecule has 24 heavy (non-hydrogen) atoms. The summed E-state index contributed by atoms with van der Waals surface area (Å²) < 4.78 is 2.05. The van der Waals surface area contributed by atoms with Crippen LogP contribution in [0.5, 0.6) is 0 Å². The standard InChI is InChI=1S/C16H21NSi.C5H5.Fe/c1-17-12-10-14(11-13-17)8-9-15-6-5-7-16(15)18(2,3)4;1-2-4-5-3-1;/h5-13H,1-4H3;1-5H;/q;-5;. The number of hydrogen-bond donors (Lipinski definition) is 0. The van der Waals surface area contributed by atoms with Crippen LogP contribution in [0.3, 0.4) is 0 Å². The van der Waals surface area contributed by atoms with Crippen molar-refractivity contribution in [2.45, 2.75) is 19.6 Å². The normalized spacial score (nSPS) is 10.8. The Hall–Kier alpha value is -1.67. The van der Waals surface area contributed by atoms with Crippen LogP contribution in [0.1, 0.15) is 11.1 Å². The predicted octanol–water partition coefficient (Wildman–Crippen LogP) is 4.35. The summed E-state index contributed by atoms with van der Waals surface area (Å²) in [5.41, 5.74) is 2.62. The summed E-state index contributed by atoms with van der Waals surface area (Å²) in [5.74, 6) is 0. The molecule has 0 atom stereocenters. The number of hydrogen-bond acceptors (Lipinski definition) is 0. The molecule has 0 N–H and O–H groups in total. The van der Waals surface area contributed by atoms with Crippen molar-refractivity contribution in [1.29, 1.82) is 0 Å². The molecule has 3 aromatic rings. The molecule has 0 saturated heterocycles. The van der Waals surface area contributed by atoms with E-state index < -0.39 is 8.07 Å². The Morgan fingerprint density at radius 3 is 1.96 bits per heavy atom. The summed E-state index contributed by atoms with van der Waals surface area (Å²) in [6.45, 7) is 7.17. The number of rotatable bonds is 3. The Labute approximate surface area is 157 Å².